The minimum absolute atomic E-state index is 0.300. The molecule has 0 aliphatic carbocycles. The summed E-state index contributed by atoms with van der Waals surface area (Å²) in [6.45, 7) is 2.34. The van der Waals surface area contributed by atoms with Crippen LogP contribution in [0.2, 0.25) is 0 Å². The molecule has 0 aliphatic heterocycles. The largest absolute Gasteiger partial charge is 0.435 e. The van der Waals surface area contributed by atoms with Gasteiger partial charge in [-0.15, -0.1) is 21.5 Å². The standard InChI is InChI=1S/C10H9F3N4S/c1-6-14-4-7(18-6)5-15-9-3-2-8(16-17-9)10(11,12)13/h2-4H,5H2,1H3,(H,15,17). The summed E-state index contributed by atoms with van der Waals surface area (Å²) in [4.78, 5) is 5.05. The van der Waals surface area contributed by atoms with Gasteiger partial charge in [0.1, 0.15) is 5.82 Å². The lowest BCUT2D eigenvalue weighted by molar-refractivity contribution is -0.141. The van der Waals surface area contributed by atoms with Crippen molar-refractivity contribution in [2.24, 2.45) is 0 Å². The molecule has 0 spiro atoms. The van der Waals surface area contributed by atoms with E-state index in [-0.39, 0.29) is 0 Å². The number of halogens is 3. The minimum atomic E-state index is -4.46. The fourth-order valence-corrected chi connectivity index (χ4v) is 1.98. The Balaban J connectivity index is 1.98. The van der Waals surface area contributed by atoms with Crippen LogP contribution in [0.15, 0.2) is 18.3 Å². The topological polar surface area (TPSA) is 50.7 Å². The second kappa shape index (κ2) is 4.89. The van der Waals surface area contributed by atoms with Crippen LogP contribution in [-0.4, -0.2) is 15.2 Å². The van der Waals surface area contributed by atoms with E-state index in [2.05, 4.69) is 20.5 Å². The first-order chi connectivity index (χ1) is 8.45. The lowest BCUT2D eigenvalue weighted by atomic mass is 10.4. The molecule has 0 unspecified atom stereocenters. The molecule has 0 radical (unpaired) electrons. The van der Waals surface area contributed by atoms with Gasteiger partial charge in [0, 0.05) is 11.1 Å². The van der Waals surface area contributed by atoms with Gasteiger partial charge in [-0.2, -0.15) is 13.2 Å². The average molecular weight is 274 g/mol. The fourth-order valence-electron chi connectivity index (χ4n) is 1.24. The van der Waals surface area contributed by atoms with Gasteiger partial charge in [-0.1, -0.05) is 0 Å². The first-order valence-electron chi connectivity index (χ1n) is 5.01. The normalized spacial score (nSPS) is 11.6. The van der Waals surface area contributed by atoms with Gasteiger partial charge < -0.3 is 5.32 Å². The highest BCUT2D eigenvalue weighted by atomic mass is 32.1. The number of aryl methyl sites for hydroxylation is 1. The molecular formula is C10H9F3N4S. The van der Waals surface area contributed by atoms with Gasteiger partial charge in [-0.25, -0.2) is 4.98 Å². The molecule has 0 saturated heterocycles. The summed E-state index contributed by atoms with van der Waals surface area (Å²) in [5, 5.41) is 10.4. The van der Waals surface area contributed by atoms with Crippen molar-refractivity contribution in [2.75, 3.05) is 5.32 Å². The molecular weight excluding hydrogens is 265 g/mol. The van der Waals surface area contributed by atoms with Crippen molar-refractivity contribution in [2.45, 2.75) is 19.6 Å². The van der Waals surface area contributed by atoms with Crippen molar-refractivity contribution in [3.63, 3.8) is 0 Å². The molecule has 2 rings (SSSR count). The van der Waals surface area contributed by atoms with Crippen molar-refractivity contribution >= 4 is 17.2 Å². The smallest absolute Gasteiger partial charge is 0.364 e. The van der Waals surface area contributed by atoms with Crippen LogP contribution >= 0.6 is 11.3 Å². The summed E-state index contributed by atoms with van der Waals surface area (Å²) in [6, 6.07) is 2.15. The lowest BCUT2D eigenvalue weighted by Gasteiger charge is -2.06. The number of hydrogen-bond acceptors (Lipinski definition) is 5. The predicted octanol–water partition coefficient (Wildman–Crippen LogP) is 2.87. The van der Waals surface area contributed by atoms with Crippen LogP contribution in [0.5, 0.6) is 0 Å². The second-order valence-electron chi connectivity index (χ2n) is 3.50. The number of anilines is 1. The number of nitrogens with one attached hydrogen (secondary N) is 1. The lowest BCUT2D eigenvalue weighted by Crippen LogP contribution is -2.10. The van der Waals surface area contributed by atoms with Gasteiger partial charge in [-0.05, 0) is 19.1 Å². The maximum absolute atomic E-state index is 12.2. The third-order valence-electron chi connectivity index (χ3n) is 2.07. The molecule has 4 nitrogen and oxygen atoms in total. The molecule has 1 N–H and O–H groups in total. The first kappa shape index (κ1) is 12.7. The number of aromatic nitrogens is 3. The van der Waals surface area contributed by atoms with Gasteiger partial charge in [0.05, 0.1) is 11.6 Å². The van der Waals surface area contributed by atoms with Crippen LogP contribution in [0.3, 0.4) is 0 Å². The summed E-state index contributed by atoms with van der Waals surface area (Å²) >= 11 is 1.51. The highest BCUT2D eigenvalue weighted by Gasteiger charge is 2.32. The first-order valence-corrected chi connectivity index (χ1v) is 5.83. The van der Waals surface area contributed by atoms with Crippen LogP contribution in [0, 0.1) is 6.92 Å². The Kier molecular flexibility index (Phi) is 3.46. The van der Waals surface area contributed by atoms with Crippen molar-refractivity contribution in [3.8, 4) is 0 Å². The highest BCUT2D eigenvalue weighted by Crippen LogP contribution is 2.27. The Hall–Kier alpha value is -1.70. The summed E-state index contributed by atoms with van der Waals surface area (Å²) in [7, 11) is 0. The van der Waals surface area contributed by atoms with E-state index in [1.165, 1.54) is 17.4 Å². The Morgan fingerprint density at radius 2 is 2.06 bits per heavy atom. The molecule has 0 aliphatic rings. The molecule has 0 amide bonds. The van der Waals surface area contributed by atoms with Gasteiger partial charge in [0.2, 0.25) is 0 Å². The summed E-state index contributed by atoms with van der Waals surface area (Å²) in [5.41, 5.74) is -0.998. The van der Waals surface area contributed by atoms with Gasteiger partial charge >= 0.3 is 6.18 Å². The van der Waals surface area contributed by atoms with E-state index in [4.69, 9.17) is 0 Å². The zero-order valence-electron chi connectivity index (χ0n) is 9.32. The van der Waals surface area contributed by atoms with Crippen molar-refractivity contribution in [1.82, 2.24) is 15.2 Å². The number of alkyl halides is 3. The van der Waals surface area contributed by atoms with E-state index in [9.17, 15) is 13.2 Å². The second-order valence-corrected chi connectivity index (χ2v) is 4.82. The monoisotopic (exact) mass is 274 g/mol. The van der Waals surface area contributed by atoms with Crippen molar-refractivity contribution < 1.29 is 13.2 Å². The molecule has 2 aromatic heterocycles. The van der Waals surface area contributed by atoms with Gasteiger partial charge in [0.15, 0.2) is 5.69 Å². The van der Waals surface area contributed by atoms with Crippen molar-refractivity contribution in [3.05, 3.63) is 33.9 Å². The number of thiazole rings is 1. The number of rotatable bonds is 3. The number of hydrogen-bond donors (Lipinski definition) is 1. The van der Waals surface area contributed by atoms with Crippen LogP contribution < -0.4 is 5.32 Å². The summed E-state index contributed by atoms with van der Waals surface area (Å²) in [6.07, 6.45) is -2.75. The van der Waals surface area contributed by atoms with E-state index in [1.807, 2.05) is 6.92 Å². The van der Waals surface area contributed by atoms with E-state index >= 15 is 0 Å². The Morgan fingerprint density at radius 1 is 1.28 bits per heavy atom. The van der Waals surface area contributed by atoms with Crippen LogP contribution in [-0.2, 0) is 12.7 Å². The number of nitrogens with zero attached hydrogens (tertiary/aromatic N) is 3. The highest BCUT2D eigenvalue weighted by molar-refractivity contribution is 7.11. The van der Waals surface area contributed by atoms with Gasteiger partial charge in [-0.3, -0.25) is 0 Å². The molecule has 18 heavy (non-hydrogen) atoms. The van der Waals surface area contributed by atoms with Crippen LogP contribution in [0.1, 0.15) is 15.6 Å². The molecule has 2 heterocycles. The fraction of sp³-hybridized carbons (Fsp3) is 0.300. The third kappa shape index (κ3) is 3.16. The van der Waals surface area contributed by atoms with E-state index in [1.54, 1.807) is 6.20 Å². The maximum atomic E-state index is 12.2. The average Bonchev–Trinajstić information content (AvgIpc) is 2.72. The molecule has 0 saturated carbocycles. The SMILES string of the molecule is Cc1ncc(CNc2ccc(C(F)(F)F)nn2)s1. The van der Waals surface area contributed by atoms with Crippen molar-refractivity contribution in [1.29, 1.82) is 0 Å². The molecule has 8 heteroatoms. The Labute approximate surface area is 105 Å². The molecule has 2 aromatic rings. The molecule has 0 bridgehead atoms. The zero-order valence-corrected chi connectivity index (χ0v) is 10.1. The molecule has 0 aromatic carbocycles. The van der Waals surface area contributed by atoms with E-state index < -0.39 is 11.9 Å². The van der Waals surface area contributed by atoms with Crippen LogP contribution in [0.25, 0.3) is 0 Å². The van der Waals surface area contributed by atoms with Crippen LogP contribution in [0.4, 0.5) is 19.0 Å². The quantitative estimate of drug-likeness (QED) is 0.935. The molecule has 96 valence electrons. The minimum Gasteiger partial charge on any atom is -0.364 e. The van der Waals surface area contributed by atoms with E-state index in [0.717, 1.165) is 16.0 Å². The molecule has 0 atom stereocenters. The van der Waals surface area contributed by atoms with Gasteiger partial charge in [0.25, 0.3) is 0 Å². The zero-order chi connectivity index (χ0) is 13.2. The third-order valence-corrected chi connectivity index (χ3v) is 2.98. The molecule has 0 fully saturated rings. The summed E-state index contributed by atoms with van der Waals surface area (Å²) in [5.74, 6) is 0.300. The van der Waals surface area contributed by atoms with E-state index in [0.29, 0.717) is 12.4 Å². The predicted molar refractivity (Wildman–Crippen MR) is 61.2 cm³/mol. The summed E-state index contributed by atoms with van der Waals surface area (Å²) < 4.78 is 36.7. The maximum Gasteiger partial charge on any atom is 0.435 e. The Bertz CT molecular complexity index is 521. The Morgan fingerprint density at radius 3 is 2.56 bits per heavy atom.